The number of hydrogen-bond donors (Lipinski definition) is 1. The van der Waals surface area contributed by atoms with Gasteiger partial charge in [-0.3, -0.25) is 14.5 Å². The standard InChI is InChI=1S/C22H24N4O2S2/c1-14-7-5-8-15(2)19(14)26(22(28)17-13-30-25-24-17)20(18-11-6-12-29-18)21(27)23-16-9-3-4-10-16/h5-8,11-13,16,20H,3-4,9-10H2,1-2H3,(H,23,27)/t20-/m0/s1. The molecule has 0 spiro atoms. The number of thiophene rings is 1. The quantitative estimate of drug-likeness (QED) is 0.605. The molecule has 0 bridgehead atoms. The van der Waals surface area contributed by atoms with Gasteiger partial charge in [-0.1, -0.05) is 41.6 Å². The molecule has 6 nitrogen and oxygen atoms in total. The highest BCUT2D eigenvalue weighted by molar-refractivity contribution is 7.10. The maximum Gasteiger partial charge on any atom is 0.280 e. The Morgan fingerprint density at radius 2 is 1.87 bits per heavy atom. The fourth-order valence-electron chi connectivity index (χ4n) is 4.09. The van der Waals surface area contributed by atoms with E-state index in [1.54, 1.807) is 10.3 Å². The van der Waals surface area contributed by atoms with Crippen LogP contribution in [0, 0.1) is 13.8 Å². The van der Waals surface area contributed by atoms with E-state index in [0.29, 0.717) is 0 Å². The highest BCUT2D eigenvalue weighted by Gasteiger charge is 2.37. The molecular weight excluding hydrogens is 416 g/mol. The van der Waals surface area contributed by atoms with Crippen molar-refractivity contribution in [2.75, 3.05) is 4.90 Å². The minimum absolute atomic E-state index is 0.149. The summed E-state index contributed by atoms with van der Waals surface area (Å²) in [5, 5.41) is 10.8. The fraction of sp³-hybridized carbons (Fsp3) is 0.364. The molecule has 2 heterocycles. The van der Waals surface area contributed by atoms with Crippen LogP contribution in [0.5, 0.6) is 0 Å². The smallest absolute Gasteiger partial charge is 0.280 e. The largest absolute Gasteiger partial charge is 0.351 e. The zero-order chi connectivity index (χ0) is 21.1. The third-order valence-corrected chi connectivity index (χ3v) is 6.93. The lowest BCUT2D eigenvalue weighted by Crippen LogP contribution is -2.46. The third kappa shape index (κ3) is 4.15. The number of hydrogen-bond acceptors (Lipinski definition) is 6. The van der Waals surface area contributed by atoms with E-state index in [1.165, 1.54) is 11.3 Å². The van der Waals surface area contributed by atoms with Gasteiger partial charge in [-0.25, -0.2) is 0 Å². The van der Waals surface area contributed by atoms with Gasteiger partial charge in [0.1, 0.15) is 0 Å². The number of aromatic nitrogens is 2. The molecule has 1 N–H and O–H groups in total. The summed E-state index contributed by atoms with van der Waals surface area (Å²) in [5.41, 5.74) is 2.86. The van der Waals surface area contributed by atoms with Crippen molar-refractivity contribution in [2.24, 2.45) is 0 Å². The highest BCUT2D eigenvalue weighted by Crippen LogP contribution is 2.36. The van der Waals surface area contributed by atoms with Crippen molar-refractivity contribution in [3.8, 4) is 0 Å². The summed E-state index contributed by atoms with van der Waals surface area (Å²) in [7, 11) is 0. The molecule has 2 amide bonds. The van der Waals surface area contributed by atoms with E-state index in [4.69, 9.17) is 0 Å². The predicted octanol–water partition coefficient (Wildman–Crippen LogP) is 4.66. The average Bonchev–Trinajstić information content (AvgIpc) is 3.49. The number of carbonyl (C=O) groups is 2. The lowest BCUT2D eigenvalue weighted by Gasteiger charge is -2.33. The molecule has 0 unspecified atom stereocenters. The molecule has 0 aliphatic heterocycles. The summed E-state index contributed by atoms with van der Waals surface area (Å²) in [6.45, 7) is 3.92. The van der Waals surface area contributed by atoms with Crippen LogP contribution in [0.2, 0.25) is 0 Å². The monoisotopic (exact) mass is 440 g/mol. The first-order valence-corrected chi connectivity index (χ1v) is 11.8. The van der Waals surface area contributed by atoms with Gasteiger partial charge in [0.05, 0.1) is 5.69 Å². The van der Waals surface area contributed by atoms with Crippen LogP contribution in [-0.4, -0.2) is 27.4 Å². The Morgan fingerprint density at radius 1 is 1.13 bits per heavy atom. The second kappa shape index (κ2) is 9.06. The van der Waals surface area contributed by atoms with Crippen molar-refractivity contribution in [1.29, 1.82) is 0 Å². The molecule has 1 atom stereocenters. The zero-order valence-electron chi connectivity index (χ0n) is 17.0. The Bertz CT molecular complexity index is 992. The average molecular weight is 441 g/mol. The summed E-state index contributed by atoms with van der Waals surface area (Å²) in [4.78, 5) is 29.7. The molecule has 1 saturated carbocycles. The summed E-state index contributed by atoms with van der Waals surface area (Å²) in [6, 6.07) is 9.10. The number of nitrogens with zero attached hydrogens (tertiary/aromatic N) is 3. The molecule has 3 aromatic rings. The molecule has 8 heteroatoms. The summed E-state index contributed by atoms with van der Waals surface area (Å²) >= 11 is 2.60. The number of nitrogens with one attached hydrogen (secondary N) is 1. The van der Waals surface area contributed by atoms with Gasteiger partial charge >= 0.3 is 0 Å². The van der Waals surface area contributed by atoms with E-state index in [2.05, 4.69) is 14.9 Å². The molecule has 156 valence electrons. The van der Waals surface area contributed by atoms with E-state index < -0.39 is 6.04 Å². The topological polar surface area (TPSA) is 75.2 Å². The van der Waals surface area contributed by atoms with Crippen molar-refractivity contribution in [3.05, 3.63) is 62.8 Å². The van der Waals surface area contributed by atoms with E-state index in [0.717, 1.165) is 58.9 Å². The Labute approximate surface area is 184 Å². The van der Waals surface area contributed by atoms with Crippen LogP contribution in [0.1, 0.15) is 58.2 Å². The number of para-hydroxylation sites is 1. The van der Waals surface area contributed by atoms with Crippen LogP contribution < -0.4 is 10.2 Å². The van der Waals surface area contributed by atoms with Crippen molar-refractivity contribution < 1.29 is 9.59 Å². The first kappa shape index (κ1) is 20.7. The van der Waals surface area contributed by atoms with Crippen LogP contribution in [0.3, 0.4) is 0 Å². The second-order valence-electron chi connectivity index (χ2n) is 7.61. The van der Waals surface area contributed by atoms with Gasteiger partial charge < -0.3 is 5.32 Å². The summed E-state index contributed by atoms with van der Waals surface area (Å²) in [5.74, 6) is -0.468. The molecule has 30 heavy (non-hydrogen) atoms. The van der Waals surface area contributed by atoms with Gasteiger partial charge in [0.15, 0.2) is 11.7 Å². The van der Waals surface area contributed by atoms with E-state index in [-0.39, 0.29) is 23.6 Å². The Hall–Kier alpha value is -2.58. The number of rotatable bonds is 6. The predicted molar refractivity (Wildman–Crippen MR) is 120 cm³/mol. The number of benzene rings is 1. The normalized spacial score (nSPS) is 15.1. The number of carbonyl (C=O) groups excluding carboxylic acids is 2. The highest BCUT2D eigenvalue weighted by atomic mass is 32.1. The molecule has 1 aliphatic rings. The summed E-state index contributed by atoms with van der Waals surface area (Å²) < 4.78 is 3.86. The van der Waals surface area contributed by atoms with Crippen LogP contribution >= 0.6 is 22.9 Å². The lowest BCUT2D eigenvalue weighted by atomic mass is 10.0. The van der Waals surface area contributed by atoms with Gasteiger partial charge in [0.25, 0.3) is 5.91 Å². The molecule has 2 aromatic heterocycles. The van der Waals surface area contributed by atoms with Crippen molar-refractivity contribution in [2.45, 2.75) is 51.6 Å². The lowest BCUT2D eigenvalue weighted by molar-refractivity contribution is -0.123. The SMILES string of the molecule is Cc1cccc(C)c1N(C(=O)c1csnn1)[C@H](C(=O)NC1CCCC1)c1cccs1. The van der Waals surface area contributed by atoms with Gasteiger partial charge in [-0.15, -0.1) is 16.4 Å². The molecule has 4 rings (SSSR count). The molecular formula is C22H24N4O2S2. The first-order valence-electron chi connectivity index (χ1n) is 10.1. The molecule has 1 aromatic carbocycles. The summed E-state index contributed by atoms with van der Waals surface area (Å²) in [6.07, 6.45) is 4.21. The minimum Gasteiger partial charge on any atom is -0.351 e. The first-order chi connectivity index (χ1) is 14.6. The second-order valence-corrected chi connectivity index (χ2v) is 9.20. The van der Waals surface area contributed by atoms with Gasteiger partial charge in [-0.2, -0.15) is 0 Å². The maximum absolute atomic E-state index is 13.6. The Kier molecular flexibility index (Phi) is 6.24. The van der Waals surface area contributed by atoms with Crippen molar-refractivity contribution in [3.63, 3.8) is 0 Å². The number of amides is 2. The molecule has 0 saturated heterocycles. The minimum atomic E-state index is -0.764. The molecule has 0 radical (unpaired) electrons. The van der Waals surface area contributed by atoms with Crippen LogP contribution in [0.25, 0.3) is 0 Å². The Balaban J connectivity index is 1.82. The third-order valence-electron chi connectivity index (χ3n) is 5.50. The van der Waals surface area contributed by atoms with E-state index in [9.17, 15) is 9.59 Å². The van der Waals surface area contributed by atoms with Crippen LogP contribution in [-0.2, 0) is 4.79 Å². The van der Waals surface area contributed by atoms with Crippen molar-refractivity contribution >= 4 is 40.4 Å². The fourth-order valence-corrected chi connectivity index (χ4v) is 5.33. The Morgan fingerprint density at radius 3 is 2.47 bits per heavy atom. The van der Waals surface area contributed by atoms with Gasteiger partial charge in [0.2, 0.25) is 5.91 Å². The van der Waals surface area contributed by atoms with Crippen molar-refractivity contribution in [1.82, 2.24) is 14.9 Å². The zero-order valence-corrected chi connectivity index (χ0v) is 18.6. The van der Waals surface area contributed by atoms with E-state index in [1.807, 2.05) is 49.6 Å². The molecule has 1 fully saturated rings. The number of anilines is 1. The van der Waals surface area contributed by atoms with Crippen LogP contribution in [0.4, 0.5) is 5.69 Å². The molecule has 1 aliphatic carbocycles. The number of aryl methyl sites for hydroxylation is 2. The van der Waals surface area contributed by atoms with Gasteiger partial charge in [0, 0.05) is 16.3 Å². The maximum atomic E-state index is 13.6. The van der Waals surface area contributed by atoms with E-state index >= 15 is 0 Å². The van der Waals surface area contributed by atoms with Gasteiger partial charge in [-0.05, 0) is 60.8 Å². The van der Waals surface area contributed by atoms with Crippen LogP contribution in [0.15, 0.2) is 41.1 Å².